The lowest BCUT2D eigenvalue weighted by molar-refractivity contribution is -0.148. The zero-order valence-electron chi connectivity index (χ0n) is 25.1. The molecule has 5 nitrogen and oxygen atoms in total. The van der Waals surface area contributed by atoms with Gasteiger partial charge in [-0.25, -0.2) is 4.39 Å². The second-order valence-electron chi connectivity index (χ2n) is 14.7. The Bertz CT molecular complexity index is 1020. The zero-order chi connectivity index (χ0) is 28.8. The van der Waals surface area contributed by atoms with Crippen LogP contribution >= 0.6 is 11.6 Å². The van der Waals surface area contributed by atoms with Gasteiger partial charge in [0.05, 0.1) is 17.4 Å². The van der Waals surface area contributed by atoms with Crippen molar-refractivity contribution in [2.75, 3.05) is 32.9 Å². The van der Waals surface area contributed by atoms with Crippen LogP contribution in [0.15, 0.2) is 24.3 Å². The van der Waals surface area contributed by atoms with E-state index in [4.69, 9.17) is 11.6 Å². The van der Waals surface area contributed by atoms with Crippen molar-refractivity contribution in [3.05, 3.63) is 34.9 Å². The Hall–Kier alpha value is -1.66. The molecule has 1 aromatic rings. The highest BCUT2D eigenvalue weighted by Crippen LogP contribution is 2.41. The van der Waals surface area contributed by atoms with Crippen LogP contribution in [-0.4, -0.2) is 77.0 Å². The molecular formula is C32H49ClFN3O2. The van der Waals surface area contributed by atoms with Crippen LogP contribution in [0.25, 0.3) is 0 Å². The van der Waals surface area contributed by atoms with Crippen molar-refractivity contribution in [2.24, 2.45) is 16.7 Å². The number of amides is 2. The van der Waals surface area contributed by atoms with Gasteiger partial charge in [0.2, 0.25) is 11.8 Å². The minimum absolute atomic E-state index is 0.0385. The van der Waals surface area contributed by atoms with Crippen molar-refractivity contribution in [2.45, 2.75) is 104 Å². The summed E-state index contributed by atoms with van der Waals surface area (Å²) < 4.78 is 14.0. The number of hydrogen-bond donors (Lipinski definition) is 0. The molecule has 0 spiro atoms. The second-order valence-corrected chi connectivity index (χ2v) is 15.1. The van der Waals surface area contributed by atoms with E-state index in [1.807, 2.05) is 21.9 Å². The summed E-state index contributed by atoms with van der Waals surface area (Å²) in [6.07, 6.45) is 4.74. The molecule has 1 saturated carbocycles. The highest BCUT2D eigenvalue weighted by atomic mass is 35.5. The number of hydrogen-bond acceptors (Lipinski definition) is 3. The lowest BCUT2D eigenvalue weighted by atomic mass is 9.74. The van der Waals surface area contributed by atoms with Crippen LogP contribution in [0.3, 0.4) is 0 Å². The van der Waals surface area contributed by atoms with Gasteiger partial charge >= 0.3 is 0 Å². The molecule has 3 fully saturated rings. The van der Waals surface area contributed by atoms with Gasteiger partial charge in [-0.05, 0) is 89.8 Å². The maximum atomic E-state index is 14.1. The molecule has 3 aliphatic rings. The SMILES string of the molecule is CC1(C)CCC(N(C(=O)C(C)(C)CF)[C@H]2CCN(C(=O)[C@@H]3CN(C(C)(C)C)C[C@H]3c3ccc(Cl)cc3)C2)CC1. The van der Waals surface area contributed by atoms with Crippen LogP contribution in [0.4, 0.5) is 4.39 Å². The Labute approximate surface area is 240 Å². The average molecular weight is 562 g/mol. The summed E-state index contributed by atoms with van der Waals surface area (Å²) in [5, 5.41) is 0.696. The topological polar surface area (TPSA) is 43.9 Å². The number of carbonyl (C=O) groups excluding carboxylic acids is 2. The highest BCUT2D eigenvalue weighted by molar-refractivity contribution is 6.30. The van der Waals surface area contributed by atoms with Crippen LogP contribution in [0, 0.1) is 16.7 Å². The molecule has 2 aliphatic heterocycles. The number of halogens is 2. The van der Waals surface area contributed by atoms with E-state index in [9.17, 15) is 14.0 Å². The fraction of sp³-hybridized carbons (Fsp3) is 0.750. The Morgan fingerprint density at radius 2 is 1.59 bits per heavy atom. The minimum atomic E-state index is -1.05. The van der Waals surface area contributed by atoms with Crippen molar-refractivity contribution < 1.29 is 14.0 Å². The van der Waals surface area contributed by atoms with E-state index in [1.165, 1.54) is 0 Å². The van der Waals surface area contributed by atoms with E-state index < -0.39 is 12.1 Å². The molecule has 2 amide bonds. The maximum Gasteiger partial charge on any atom is 0.231 e. The number of nitrogens with zero attached hydrogens (tertiary/aromatic N) is 3. The Balaban J connectivity index is 1.54. The number of likely N-dealkylation sites (tertiary alicyclic amines) is 2. The standard InChI is InChI=1S/C32H49ClFN3O2/c1-30(2,3)36-19-26(22-8-10-23(33)11-9-22)27(20-36)28(38)35-17-14-25(18-35)37(29(39)32(6,7)21-34)24-12-15-31(4,5)16-13-24/h8-11,24-27H,12-21H2,1-7H3/t25-,26-,27+/m0/s1. The molecule has 0 unspecified atom stereocenters. The largest absolute Gasteiger partial charge is 0.340 e. The van der Waals surface area contributed by atoms with Crippen LogP contribution < -0.4 is 0 Å². The quantitative estimate of drug-likeness (QED) is 0.396. The molecule has 2 heterocycles. The van der Waals surface area contributed by atoms with Gasteiger partial charge < -0.3 is 9.80 Å². The summed E-state index contributed by atoms with van der Waals surface area (Å²) in [5.41, 5.74) is 0.328. The van der Waals surface area contributed by atoms with Gasteiger partial charge in [-0.2, -0.15) is 0 Å². The van der Waals surface area contributed by atoms with Crippen LogP contribution in [-0.2, 0) is 9.59 Å². The van der Waals surface area contributed by atoms with Crippen molar-refractivity contribution in [3.63, 3.8) is 0 Å². The fourth-order valence-corrected chi connectivity index (χ4v) is 6.88. The fourth-order valence-electron chi connectivity index (χ4n) is 6.75. The molecule has 0 aromatic heterocycles. The van der Waals surface area contributed by atoms with Crippen molar-refractivity contribution in [3.8, 4) is 0 Å². The van der Waals surface area contributed by atoms with E-state index in [1.54, 1.807) is 13.8 Å². The molecule has 0 N–H and O–H groups in total. The van der Waals surface area contributed by atoms with Crippen molar-refractivity contribution in [1.29, 1.82) is 0 Å². The smallest absolute Gasteiger partial charge is 0.231 e. The molecule has 1 aromatic carbocycles. The predicted molar refractivity (Wildman–Crippen MR) is 157 cm³/mol. The third-order valence-electron chi connectivity index (χ3n) is 9.60. The van der Waals surface area contributed by atoms with Crippen LogP contribution in [0.1, 0.15) is 92.1 Å². The Morgan fingerprint density at radius 1 is 0.974 bits per heavy atom. The van der Waals surface area contributed by atoms with Gasteiger partial charge in [0.1, 0.15) is 6.67 Å². The highest BCUT2D eigenvalue weighted by Gasteiger charge is 2.47. The Kier molecular flexibility index (Phi) is 8.79. The van der Waals surface area contributed by atoms with Gasteiger partial charge in [0, 0.05) is 48.7 Å². The maximum absolute atomic E-state index is 14.1. The Morgan fingerprint density at radius 3 is 2.15 bits per heavy atom. The third-order valence-corrected chi connectivity index (χ3v) is 9.85. The van der Waals surface area contributed by atoms with E-state index >= 15 is 0 Å². The molecule has 3 atom stereocenters. The molecule has 39 heavy (non-hydrogen) atoms. The normalized spacial score (nSPS) is 26.7. The molecule has 0 radical (unpaired) electrons. The molecule has 4 rings (SSSR count). The van der Waals surface area contributed by atoms with Gasteiger partial charge in [-0.3, -0.25) is 14.5 Å². The predicted octanol–water partition coefficient (Wildman–Crippen LogP) is 6.55. The first-order valence-corrected chi connectivity index (χ1v) is 15.2. The van der Waals surface area contributed by atoms with Crippen molar-refractivity contribution >= 4 is 23.4 Å². The number of alkyl halides is 1. The van der Waals surface area contributed by atoms with E-state index in [0.29, 0.717) is 24.7 Å². The summed E-state index contributed by atoms with van der Waals surface area (Å²) in [4.78, 5) is 34.3. The first-order valence-electron chi connectivity index (χ1n) is 14.8. The number of benzene rings is 1. The van der Waals surface area contributed by atoms with Crippen molar-refractivity contribution in [1.82, 2.24) is 14.7 Å². The minimum Gasteiger partial charge on any atom is -0.340 e. The van der Waals surface area contributed by atoms with Crippen LogP contribution in [0.2, 0.25) is 5.02 Å². The summed E-state index contributed by atoms with van der Waals surface area (Å²) in [7, 11) is 0. The average Bonchev–Trinajstić information content (AvgIpc) is 3.53. The number of carbonyl (C=O) groups is 2. The van der Waals surface area contributed by atoms with Gasteiger partial charge in [0.15, 0.2) is 0 Å². The van der Waals surface area contributed by atoms with Gasteiger partial charge in [0.25, 0.3) is 0 Å². The summed E-state index contributed by atoms with van der Waals surface area (Å²) in [6, 6.07) is 7.97. The molecule has 1 aliphatic carbocycles. The zero-order valence-corrected chi connectivity index (χ0v) is 25.9. The second kappa shape index (κ2) is 11.3. The third kappa shape index (κ3) is 6.64. The summed E-state index contributed by atoms with van der Waals surface area (Å²) >= 11 is 6.17. The monoisotopic (exact) mass is 561 g/mol. The molecule has 2 saturated heterocycles. The van der Waals surface area contributed by atoms with E-state index in [-0.39, 0.29) is 46.7 Å². The lowest BCUT2D eigenvalue weighted by Gasteiger charge is -2.45. The summed E-state index contributed by atoms with van der Waals surface area (Å²) in [5.74, 6) is 0.0156. The molecular weight excluding hydrogens is 513 g/mol. The van der Waals surface area contributed by atoms with Gasteiger partial charge in [-0.15, -0.1) is 0 Å². The lowest BCUT2D eigenvalue weighted by Crippen LogP contribution is -2.55. The van der Waals surface area contributed by atoms with E-state index in [0.717, 1.165) is 44.2 Å². The first-order chi connectivity index (χ1) is 18.1. The molecule has 7 heteroatoms. The first kappa shape index (κ1) is 30.3. The number of rotatable bonds is 6. The van der Waals surface area contributed by atoms with Gasteiger partial charge in [-0.1, -0.05) is 37.6 Å². The summed E-state index contributed by atoms with van der Waals surface area (Å²) in [6.45, 7) is 16.6. The molecule has 218 valence electrons. The molecule has 0 bridgehead atoms. The van der Waals surface area contributed by atoms with E-state index in [2.05, 4.69) is 51.7 Å². The van der Waals surface area contributed by atoms with Crippen LogP contribution in [0.5, 0.6) is 0 Å².